The molecule has 0 aromatic heterocycles. The molecule has 0 heterocycles. The molecule has 4 bridgehead atoms. The number of phenols is 1. The van der Waals surface area contributed by atoms with Crippen LogP contribution in [0.15, 0.2) is 23.0 Å². The zero-order chi connectivity index (χ0) is 41.3. The van der Waals surface area contributed by atoms with Crippen LogP contribution in [-0.2, 0) is 35.1 Å². The smallest absolute Gasteiger partial charge is 0.412 e. The Hall–Kier alpha value is -4.83. The van der Waals surface area contributed by atoms with E-state index in [4.69, 9.17) is 15.2 Å². The quantitative estimate of drug-likeness (QED) is 0.0774. The summed E-state index contributed by atoms with van der Waals surface area (Å²) in [5, 5.41) is 49.7. The number of aromatic hydroxyl groups is 1. The van der Waals surface area contributed by atoms with E-state index >= 15 is 0 Å². The zero-order valence-electron chi connectivity index (χ0n) is 33.3. The molecule has 8 rings (SSSR count). The zero-order valence-corrected chi connectivity index (χ0v) is 33.3. The first-order valence-corrected chi connectivity index (χ1v) is 20.0. The van der Waals surface area contributed by atoms with E-state index in [1.54, 1.807) is 39.2 Å². The highest BCUT2D eigenvalue weighted by atomic mass is 16.7. The number of carbonyl (C=O) groups is 5. The monoisotopic (exact) mass is 793 g/mol. The molecule has 0 radical (unpaired) electrons. The number of Topliss-reactive ketones (excluding diaryl/α,β-unsaturated/α-hetero) is 2. The Morgan fingerprint density at radius 3 is 2.14 bits per heavy atom. The Balaban J connectivity index is 1.08. The third-order valence-corrected chi connectivity index (χ3v) is 13.5. The van der Waals surface area contributed by atoms with Crippen LogP contribution < -0.4 is 16.0 Å². The van der Waals surface area contributed by atoms with Crippen molar-refractivity contribution in [2.24, 2.45) is 40.7 Å². The standard InChI is InChI=1S/C41H55N5O11/c1-6-8-46(39(54)57-19-56-38(53)40-16-20-10-21(17-40)12-22(11-20)18-40)9-7-43-26-15-27(44(2)3)24-13-23-14-25-31(45(4)5)34(49)30(37(42)52)36(51)41(25,55)35(50)28(23)33(48)29(24)32(26)47/h15,20-23,25,31,43,47-48,51,55H,6-14,16-19H2,1-5H3,(H2,42,52)/t20?,21?,22?,23-,25-,31-,40?,41-/m0/s1. The van der Waals surface area contributed by atoms with Crippen LogP contribution in [0.4, 0.5) is 16.2 Å². The Morgan fingerprint density at radius 2 is 1.58 bits per heavy atom. The number of primary amides is 1. The number of rotatable bonds is 12. The molecule has 310 valence electrons. The normalized spacial score (nSPS) is 31.1. The van der Waals surface area contributed by atoms with Gasteiger partial charge in [0.1, 0.15) is 22.8 Å². The summed E-state index contributed by atoms with van der Waals surface area (Å²) in [4.78, 5) is 71.2. The van der Waals surface area contributed by atoms with E-state index in [0.29, 0.717) is 42.0 Å². The van der Waals surface area contributed by atoms with E-state index in [0.717, 1.165) is 19.3 Å². The number of aliphatic hydroxyl groups is 3. The van der Waals surface area contributed by atoms with Crippen LogP contribution in [0.1, 0.15) is 69.4 Å². The number of fused-ring (bicyclic) bond motifs is 3. The van der Waals surface area contributed by atoms with E-state index in [1.165, 1.54) is 29.1 Å². The van der Waals surface area contributed by atoms with Crippen LogP contribution in [0.2, 0.25) is 0 Å². The van der Waals surface area contributed by atoms with Gasteiger partial charge in [0.05, 0.1) is 22.7 Å². The molecular weight excluding hydrogens is 738 g/mol. The Kier molecular flexibility index (Phi) is 10.5. The van der Waals surface area contributed by atoms with E-state index in [1.807, 2.05) is 6.92 Å². The minimum Gasteiger partial charge on any atom is -0.508 e. The second-order valence-corrected chi connectivity index (χ2v) is 17.6. The second-order valence-electron chi connectivity index (χ2n) is 17.6. The number of hydrogen-bond acceptors (Lipinski definition) is 14. The molecule has 7 N–H and O–H groups in total. The number of hydrogen-bond donors (Lipinski definition) is 6. The summed E-state index contributed by atoms with van der Waals surface area (Å²) >= 11 is 0. The highest BCUT2D eigenvalue weighted by Gasteiger charge is 2.64. The minimum atomic E-state index is -2.75. The molecule has 2 amide bonds. The van der Waals surface area contributed by atoms with E-state index < -0.39 is 76.3 Å². The molecule has 16 heteroatoms. The topological polar surface area (TPSA) is 232 Å². The van der Waals surface area contributed by atoms with Crippen molar-refractivity contribution in [3.05, 3.63) is 34.1 Å². The summed E-state index contributed by atoms with van der Waals surface area (Å²) in [5.74, 6) is -5.81. The summed E-state index contributed by atoms with van der Waals surface area (Å²) in [7, 11) is 6.66. The molecule has 0 saturated heterocycles. The number of esters is 1. The molecule has 7 aliphatic carbocycles. The van der Waals surface area contributed by atoms with Gasteiger partial charge in [-0.25, -0.2) is 4.79 Å². The number of carbonyl (C=O) groups excluding carboxylic acids is 5. The second kappa shape index (κ2) is 14.8. The molecule has 5 fully saturated rings. The number of nitrogens with zero attached hydrogens (tertiary/aromatic N) is 3. The van der Waals surface area contributed by atoms with Crippen molar-refractivity contribution in [2.45, 2.75) is 76.4 Å². The summed E-state index contributed by atoms with van der Waals surface area (Å²) < 4.78 is 11.0. The lowest BCUT2D eigenvalue weighted by Crippen LogP contribution is -2.65. The number of benzene rings is 1. The number of amides is 2. The fraction of sp³-hybridized carbons (Fsp3) is 0.634. The fourth-order valence-corrected chi connectivity index (χ4v) is 11.5. The maximum absolute atomic E-state index is 14.3. The SMILES string of the molecule is CCCN(CCNc1cc(N(C)C)c2c(c1O)C(O)=C1C(=O)[C@]3(O)C(O)=C(C(N)=O)C(=O)[C@@H](N(C)C)[C@@H]3C[C@@H]1C2)C(=O)OCOC(=O)C12CC3CC(CC(C3)C1)C2. The molecule has 4 atom stereocenters. The van der Waals surface area contributed by atoms with Gasteiger partial charge < -0.3 is 50.8 Å². The molecule has 0 spiro atoms. The number of nitrogens with two attached hydrogens (primary N) is 1. The van der Waals surface area contributed by atoms with Gasteiger partial charge in [-0.2, -0.15) is 0 Å². The summed E-state index contributed by atoms with van der Waals surface area (Å²) in [6.45, 7) is 2.06. The molecular formula is C41H55N5O11. The number of ether oxygens (including phenoxy) is 2. The van der Waals surface area contributed by atoms with Gasteiger partial charge in [-0.3, -0.25) is 24.1 Å². The van der Waals surface area contributed by atoms with Crippen molar-refractivity contribution in [1.82, 2.24) is 9.80 Å². The number of nitrogens with one attached hydrogen (secondary N) is 1. The first kappa shape index (κ1) is 40.4. The van der Waals surface area contributed by atoms with Gasteiger partial charge in [-0.05, 0) is 107 Å². The number of anilines is 2. The lowest BCUT2D eigenvalue weighted by atomic mass is 9.49. The largest absolute Gasteiger partial charge is 0.508 e. The van der Waals surface area contributed by atoms with Gasteiger partial charge in [0.15, 0.2) is 11.4 Å². The molecule has 0 aliphatic heterocycles. The molecule has 7 aliphatic rings. The highest BCUT2D eigenvalue weighted by molar-refractivity contribution is 6.24. The van der Waals surface area contributed by atoms with Gasteiger partial charge in [-0.1, -0.05) is 6.92 Å². The number of likely N-dealkylation sites (N-methyl/N-ethyl adjacent to an activating group) is 1. The average Bonchev–Trinajstić information content (AvgIpc) is 3.12. The number of ketones is 2. The van der Waals surface area contributed by atoms with Crippen LogP contribution in [0.5, 0.6) is 5.75 Å². The van der Waals surface area contributed by atoms with Crippen LogP contribution in [0.3, 0.4) is 0 Å². The van der Waals surface area contributed by atoms with E-state index in [9.17, 15) is 44.4 Å². The predicted molar refractivity (Wildman–Crippen MR) is 207 cm³/mol. The predicted octanol–water partition coefficient (Wildman–Crippen LogP) is 3.01. The first-order chi connectivity index (χ1) is 26.9. The summed E-state index contributed by atoms with van der Waals surface area (Å²) in [5.41, 5.74) is 2.37. The van der Waals surface area contributed by atoms with Crippen LogP contribution in [0.25, 0.3) is 5.76 Å². The summed E-state index contributed by atoms with van der Waals surface area (Å²) in [6.07, 6.45) is 6.19. The van der Waals surface area contributed by atoms with Crippen molar-refractivity contribution >= 4 is 46.7 Å². The van der Waals surface area contributed by atoms with Crippen molar-refractivity contribution in [2.75, 3.05) is 64.8 Å². The summed E-state index contributed by atoms with van der Waals surface area (Å²) in [6, 6.07) is 0.516. The molecule has 0 unspecified atom stereocenters. The van der Waals surface area contributed by atoms with Gasteiger partial charge in [-0.15, -0.1) is 0 Å². The van der Waals surface area contributed by atoms with Crippen molar-refractivity contribution in [1.29, 1.82) is 0 Å². The minimum absolute atomic E-state index is 0.0236. The van der Waals surface area contributed by atoms with Gasteiger partial charge >= 0.3 is 12.1 Å². The van der Waals surface area contributed by atoms with Gasteiger partial charge in [0.25, 0.3) is 5.91 Å². The van der Waals surface area contributed by atoms with Gasteiger partial charge in [0.2, 0.25) is 12.6 Å². The van der Waals surface area contributed by atoms with Gasteiger partial charge in [0, 0.05) is 50.9 Å². The average molecular weight is 794 g/mol. The fourth-order valence-electron chi connectivity index (χ4n) is 11.5. The Bertz CT molecular complexity index is 1920. The third-order valence-electron chi connectivity index (χ3n) is 13.5. The van der Waals surface area contributed by atoms with Crippen molar-refractivity contribution < 1.29 is 53.9 Å². The van der Waals surface area contributed by atoms with E-state index in [2.05, 4.69) is 5.32 Å². The van der Waals surface area contributed by atoms with Crippen LogP contribution in [0, 0.1) is 35.0 Å². The van der Waals surface area contributed by atoms with Crippen molar-refractivity contribution in [3.63, 3.8) is 0 Å². The van der Waals surface area contributed by atoms with Crippen LogP contribution >= 0.6 is 0 Å². The maximum Gasteiger partial charge on any atom is 0.412 e. The molecule has 57 heavy (non-hydrogen) atoms. The Labute approximate surface area is 331 Å². The molecule has 1 aromatic rings. The number of phenolic OH excluding ortho intramolecular Hbond substituents is 1. The lowest BCUT2D eigenvalue weighted by molar-refractivity contribution is -0.179. The maximum atomic E-state index is 14.3. The third kappa shape index (κ3) is 6.58. The number of aliphatic hydroxyl groups excluding tert-OH is 2. The van der Waals surface area contributed by atoms with E-state index in [-0.39, 0.29) is 54.5 Å². The highest BCUT2D eigenvalue weighted by Crippen LogP contribution is 2.60. The van der Waals surface area contributed by atoms with Crippen molar-refractivity contribution in [3.8, 4) is 5.75 Å². The van der Waals surface area contributed by atoms with Crippen LogP contribution in [-0.4, -0.2) is 126 Å². The molecule has 16 nitrogen and oxygen atoms in total. The Morgan fingerprint density at radius 1 is 0.947 bits per heavy atom. The molecule has 1 aromatic carbocycles. The lowest BCUT2D eigenvalue weighted by Gasteiger charge is -2.55. The first-order valence-electron chi connectivity index (χ1n) is 20.0. The molecule has 5 saturated carbocycles.